The second-order valence-corrected chi connectivity index (χ2v) is 4.74. The summed E-state index contributed by atoms with van der Waals surface area (Å²) in [6, 6.07) is 2.79. The van der Waals surface area contributed by atoms with Crippen LogP contribution >= 0.6 is 0 Å². The fourth-order valence-corrected chi connectivity index (χ4v) is 2.25. The van der Waals surface area contributed by atoms with Crippen LogP contribution in [0.25, 0.3) is 0 Å². The third-order valence-corrected chi connectivity index (χ3v) is 3.32. The molecule has 0 spiro atoms. The zero-order chi connectivity index (χ0) is 12.5. The first-order valence-electron chi connectivity index (χ1n) is 6.98. The Kier molecular flexibility index (Phi) is 6.94. The van der Waals surface area contributed by atoms with E-state index in [1.54, 1.807) is 0 Å². The molecule has 1 atom stereocenters. The maximum absolute atomic E-state index is 4.21. The highest BCUT2D eigenvalue weighted by Crippen LogP contribution is 2.10. The van der Waals surface area contributed by atoms with Crippen LogP contribution < -0.4 is 5.32 Å². The number of unbranched alkanes of at least 4 members (excludes halogenated alkanes) is 2. The molecule has 0 fully saturated rings. The van der Waals surface area contributed by atoms with Gasteiger partial charge in [0.15, 0.2) is 0 Å². The molecule has 0 saturated heterocycles. The molecule has 0 aliphatic heterocycles. The largest absolute Gasteiger partial charge is 0.314 e. The Morgan fingerprint density at radius 2 is 2.12 bits per heavy atom. The van der Waals surface area contributed by atoms with Gasteiger partial charge in [0.05, 0.1) is 0 Å². The van der Waals surface area contributed by atoms with Gasteiger partial charge in [0.1, 0.15) is 0 Å². The lowest BCUT2D eigenvalue weighted by molar-refractivity contribution is 0.439. The van der Waals surface area contributed by atoms with Crippen molar-refractivity contribution in [2.75, 3.05) is 6.54 Å². The van der Waals surface area contributed by atoms with Gasteiger partial charge in [-0.05, 0) is 31.9 Å². The molecule has 3 heteroatoms. The topological polar surface area (TPSA) is 29.9 Å². The van der Waals surface area contributed by atoms with Gasteiger partial charge in [0.25, 0.3) is 0 Å². The molecule has 3 nitrogen and oxygen atoms in total. The van der Waals surface area contributed by atoms with E-state index in [2.05, 4.69) is 30.3 Å². The molecule has 1 rings (SSSR count). The van der Waals surface area contributed by atoms with Crippen molar-refractivity contribution in [3.63, 3.8) is 0 Å². The van der Waals surface area contributed by atoms with Gasteiger partial charge in [-0.1, -0.05) is 33.1 Å². The summed E-state index contributed by atoms with van der Waals surface area (Å²) in [7, 11) is 2.02. The highest BCUT2D eigenvalue weighted by Gasteiger charge is 2.08. The number of hydrogen-bond acceptors (Lipinski definition) is 2. The fraction of sp³-hybridized carbons (Fsp3) is 0.786. The van der Waals surface area contributed by atoms with Crippen LogP contribution in [0.15, 0.2) is 12.3 Å². The number of hydrogen-bond donors (Lipinski definition) is 1. The van der Waals surface area contributed by atoms with Crippen molar-refractivity contribution in [2.45, 2.75) is 58.4 Å². The Balaban J connectivity index is 2.30. The Bertz CT molecular complexity index is 293. The van der Waals surface area contributed by atoms with Crippen LogP contribution in [0, 0.1) is 0 Å². The smallest absolute Gasteiger partial charge is 0.0492 e. The molecule has 1 aromatic rings. The molecular formula is C14H27N3. The summed E-state index contributed by atoms with van der Waals surface area (Å²) in [5.41, 5.74) is 1.34. The van der Waals surface area contributed by atoms with Gasteiger partial charge < -0.3 is 5.32 Å². The second-order valence-electron chi connectivity index (χ2n) is 4.74. The summed E-state index contributed by atoms with van der Waals surface area (Å²) >= 11 is 0. The van der Waals surface area contributed by atoms with Crippen LogP contribution in [-0.4, -0.2) is 22.4 Å². The molecule has 0 aliphatic rings. The zero-order valence-electron chi connectivity index (χ0n) is 11.6. The van der Waals surface area contributed by atoms with E-state index < -0.39 is 0 Å². The van der Waals surface area contributed by atoms with Crippen molar-refractivity contribution in [1.29, 1.82) is 0 Å². The molecule has 0 radical (unpaired) electrons. The molecule has 17 heavy (non-hydrogen) atoms. The van der Waals surface area contributed by atoms with Gasteiger partial charge in [-0.25, -0.2) is 0 Å². The third-order valence-electron chi connectivity index (χ3n) is 3.32. The molecule has 0 bridgehead atoms. The Morgan fingerprint density at radius 3 is 2.71 bits per heavy atom. The molecule has 1 N–H and O–H groups in total. The minimum atomic E-state index is 0.668. The minimum Gasteiger partial charge on any atom is -0.314 e. The van der Waals surface area contributed by atoms with Gasteiger partial charge in [-0.2, -0.15) is 5.10 Å². The van der Waals surface area contributed by atoms with Crippen molar-refractivity contribution in [3.8, 4) is 0 Å². The van der Waals surface area contributed by atoms with Crippen molar-refractivity contribution < 1.29 is 0 Å². The van der Waals surface area contributed by atoms with E-state index in [1.807, 2.05) is 17.9 Å². The molecule has 1 unspecified atom stereocenters. The molecular weight excluding hydrogens is 210 g/mol. The van der Waals surface area contributed by atoms with Crippen LogP contribution in [0.4, 0.5) is 0 Å². The first-order valence-corrected chi connectivity index (χ1v) is 6.98. The lowest BCUT2D eigenvalue weighted by Gasteiger charge is -2.17. The van der Waals surface area contributed by atoms with Crippen molar-refractivity contribution in [1.82, 2.24) is 15.1 Å². The molecule has 1 heterocycles. The predicted octanol–water partition coefficient (Wildman–Crippen LogP) is 2.91. The summed E-state index contributed by atoms with van der Waals surface area (Å²) in [6.45, 7) is 5.52. The van der Waals surface area contributed by atoms with Crippen LogP contribution in [0.3, 0.4) is 0 Å². The summed E-state index contributed by atoms with van der Waals surface area (Å²) in [6.07, 6.45) is 9.54. The maximum Gasteiger partial charge on any atom is 0.0492 e. The first-order chi connectivity index (χ1) is 8.27. The Hall–Kier alpha value is -0.830. The van der Waals surface area contributed by atoms with Crippen LogP contribution in [0.1, 0.15) is 51.6 Å². The normalized spacial score (nSPS) is 12.9. The van der Waals surface area contributed by atoms with E-state index in [1.165, 1.54) is 37.8 Å². The van der Waals surface area contributed by atoms with Gasteiger partial charge >= 0.3 is 0 Å². The molecule has 1 aromatic heterocycles. The zero-order valence-corrected chi connectivity index (χ0v) is 11.6. The van der Waals surface area contributed by atoms with E-state index in [4.69, 9.17) is 0 Å². The summed E-state index contributed by atoms with van der Waals surface area (Å²) in [5.74, 6) is 0. The van der Waals surface area contributed by atoms with E-state index in [0.717, 1.165) is 13.0 Å². The highest BCUT2D eigenvalue weighted by molar-refractivity contribution is 5.00. The summed E-state index contributed by atoms with van der Waals surface area (Å²) in [4.78, 5) is 0. The van der Waals surface area contributed by atoms with E-state index in [0.29, 0.717) is 6.04 Å². The second kappa shape index (κ2) is 8.29. The van der Waals surface area contributed by atoms with Gasteiger partial charge in [-0.15, -0.1) is 0 Å². The standard InChI is InChI=1S/C14H27N3/c1-4-6-7-8-13(15-5-2)9-10-14-11-12-16-17(14)3/h11-13,15H,4-10H2,1-3H3. The SMILES string of the molecule is CCCCCC(CCc1ccnn1C)NCC. The minimum absolute atomic E-state index is 0.668. The predicted molar refractivity (Wildman–Crippen MR) is 73.1 cm³/mol. The van der Waals surface area contributed by atoms with Crippen LogP contribution in [-0.2, 0) is 13.5 Å². The highest BCUT2D eigenvalue weighted by atomic mass is 15.2. The molecule has 0 aliphatic carbocycles. The van der Waals surface area contributed by atoms with Gasteiger partial charge in [-0.3, -0.25) is 4.68 Å². The van der Waals surface area contributed by atoms with Crippen molar-refractivity contribution >= 4 is 0 Å². The number of nitrogens with one attached hydrogen (secondary N) is 1. The monoisotopic (exact) mass is 237 g/mol. The van der Waals surface area contributed by atoms with E-state index >= 15 is 0 Å². The van der Waals surface area contributed by atoms with Crippen LogP contribution in [0.5, 0.6) is 0 Å². The molecule has 98 valence electrons. The summed E-state index contributed by atoms with van der Waals surface area (Å²) in [5, 5.41) is 7.81. The summed E-state index contributed by atoms with van der Waals surface area (Å²) < 4.78 is 1.98. The van der Waals surface area contributed by atoms with Crippen molar-refractivity contribution in [2.24, 2.45) is 7.05 Å². The number of aromatic nitrogens is 2. The molecule has 0 aromatic carbocycles. The van der Waals surface area contributed by atoms with Crippen molar-refractivity contribution in [3.05, 3.63) is 18.0 Å². The molecule has 0 saturated carbocycles. The maximum atomic E-state index is 4.21. The van der Waals surface area contributed by atoms with E-state index in [9.17, 15) is 0 Å². The third kappa shape index (κ3) is 5.35. The fourth-order valence-electron chi connectivity index (χ4n) is 2.25. The lowest BCUT2D eigenvalue weighted by atomic mass is 10.0. The average molecular weight is 237 g/mol. The van der Waals surface area contributed by atoms with Gasteiger partial charge in [0, 0.05) is 25.0 Å². The Morgan fingerprint density at radius 1 is 1.29 bits per heavy atom. The average Bonchev–Trinajstić information content (AvgIpc) is 2.72. The number of nitrogens with zero attached hydrogens (tertiary/aromatic N) is 2. The number of rotatable bonds is 9. The number of aryl methyl sites for hydroxylation is 2. The van der Waals surface area contributed by atoms with Crippen LogP contribution in [0.2, 0.25) is 0 Å². The Labute approximate surface area is 106 Å². The molecule has 0 amide bonds. The first kappa shape index (κ1) is 14.2. The van der Waals surface area contributed by atoms with E-state index in [-0.39, 0.29) is 0 Å². The lowest BCUT2D eigenvalue weighted by Crippen LogP contribution is -2.29. The quantitative estimate of drug-likeness (QED) is 0.669. The van der Waals surface area contributed by atoms with Gasteiger partial charge in [0.2, 0.25) is 0 Å².